The molecule has 9 atom stereocenters. The Hall–Kier alpha value is -8.69. The van der Waals surface area contributed by atoms with Gasteiger partial charge in [0.15, 0.2) is 0 Å². The van der Waals surface area contributed by atoms with Gasteiger partial charge in [-0.05, 0) is 67.2 Å². The Balaban J connectivity index is 2.36. The number of hydrogen-bond acceptors (Lipinski definition) is 15. The van der Waals surface area contributed by atoms with Gasteiger partial charge in [0, 0.05) is 25.7 Å². The van der Waals surface area contributed by atoms with Gasteiger partial charge in [0.05, 0.1) is 19.0 Å². The first kappa shape index (κ1) is 66.4. The van der Waals surface area contributed by atoms with Gasteiger partial charge < -0.3 is 80.2 Å². The summed E-state index contributed by atoms with van der Waals surface area (Å²) < 4.78 is 0. The lowest BCUT2D eigenvalue weighted by Gasteiger charge is -2.29. The fraction of sp³-hybridized carbons (Fsp3) is 0.510. The number of phenolic OH excluding ortho intramolecular Hbond substituents is 1. The molecule has 0 bridgehead atoms. The summed E-state index contributed by atoms with van der Waals surface area (Å²) >= 11 is 0. The Kier molecular flexibility index (Phi) is 28.1. The van der Waals surface area contributed by atoms with Crippen molar-refractivity contribution in [3.63, 3.8) is 0 Å². The van der Waals surface area contributed by atoms with Gasteiger partial charge in [-0.1, -0.05) is 76.6 Å². The normalized spacial score (nSPS) is 14.4. The second-order valence-corrected chi connectivity index (χ2v) is 19.2. The van der Waals surface area contributed by atoms with Gasteiger partial charge in [0.1, 0.15) is 48.0 Å². The van der Waals surface area contributed by atoms with Crippen LogP contribution < -0.4 is 59.7 Å². The quantitative estimate of drug-likeness (QED) is 0.0325. The van der Waals surface area contributed by atoms with Crippen molar-refractivity contribution in [2.24, 2.45) is 29.0 Å². The van der Waals surface area contributed by atoms with Crippen LogP contribution >= 0.6 is 0 Å². The molecule has 0 aliphatic rings. The van der Waals surface area contributed by atoms with Crippen LogP contribution in [0, 0.1) is 11.8 Å². The second kappa shape index (κ2) is 33.5. The molecule has 0 saturated heterocycles. The van der Waals surface area contributed by atoms with Crippen molar-refractivity contribution in [2.45, 2.75) is 147 Å². The number of aliphatic carboxylic acids is 3. The number of nitrogens with two attached hydrogens (primary N) is 3. The summed E-state index contributed by atoms with van der Waals surface area (Å²) in [7, 11) is 0. The van der Waals surface area contributed by atoms with Gasteiger partial charge >= 0.3 is 17.9 Å². The number of aromatic hydroxyl groups is 1. The number of carboxylic acid groups (broad SMARTS) is 3. The lowest BCUT2D eigenvalue weighted by molar-refractivity contribution is -0.147. The molecule has 9 unspecified atom stereocenters. The Morgan fingerprint density at radius 1 is 0.506 bits per heavy atom. The highest BCUT2D eigenvalue weighted by molar-refractivity contribution is 5.98. The number of carbonyl (C=O) groups is 13. The van der Waals surface area contributed by atoms with E-state index in [1.807, 2.05) is 5.32 Å². The van der Waals surface area contributed by atoms with Crippen LogP contribution in [0.5, 0.6) is 5.75 Å². The highest BCUT2D eigenvalue weighted by Gasteiger charge is 2.36. The summed E-state index contributed by atoms with van der Waals surface area (Å²) in [6.45, 7) is 5.72. The number of benzene rings is 2. The minimum absolute atomic E-state index is 0.0848. The van der Waals surface area contributed by atoms with Gasteiger partial charge in [0.2, 0.25) is 59.1 Å². The van der Waals surface area contributed by atoms with Crippen molar-refractivity contribution in [3.8, 4) is 5.75 Å². The first-order valence-corrected chi connectivity index (χ1v) is 25.3. The van der Waals surface area contributed by atoms with Crippen molar-refractivity contribution >= 4 is 77.0 Å². The number of carbonyl (C=O) groups excluding carboxylic acids is 10. The number of primary amides is 2. The van der Waals surface area contributed by atoms with Crippen LogP contribution in [0.25, 0.3) is 0 Å². The first-order chi connectivity index (χ1) is 37.1. The van der Waals surface area contributed by atoms with Crippen molar-refractivity contribution in [1.29, 1.82) is 0 Å². The third-order valence-corrected chi connectivity index (χ3v) is 12.1. The molecule has 0 spiro atoms. The maximum Gasteiger partial charge on any atom is 0.326 e. The molecule has 0 aliphatic heterocycles. The predicted octanol–water partition coefficient (Wildman–Crippen LogP) is -2.94. The summed E-state index contributed by atoms with van der Waals surface area (Å²) in [5.41, 5.74) is 17.9. The molecule has 18 N–H and O–H groups in total. The monoisotopic (exact) mass is 1110 g/mol. The molecular weight excluding hydrogens is 1040 g/mol. The highest BCUT2D eigenvalue weighted by Crippen LogP contribution is 2.15. The van der Waals surface area contributed by atoms with E-state index in [0.29, 0.717) is 5.56 Å². The minimum atomic E-state index is -1.93. The molecule has 2 aromatic rings. The fourth-order valence-electron chi connectivity index (χ4n) is 7.61. The van der Waals surface area contributed by atoms with Crippen LogP contribution in [0.3, 0.4) is 0 Å². The number of carboxylic acids is 3. The number of hydrogen-bond donors (Lipinski definition) is 15. The van der Waals surface area contributed by atoms with E-state index in [0.717, 1.165) is 5.56 Å². The molecule has 2 aromatic carbocycles. The van der Waals surface area contributed by atoms with E-state index in [1.165, 1.54) is 24.3 Å². The Bertz CT molecular complexity index is 2480. The van der Waals surface area contributed by atoms with Crippen molar-refractivity contribution in [3.05, 3.63) is 65.7 Å². The molecular formula is C51H73N11O17. The topological polar surface area (TPSA) is 477 Å². The van der Waals surface area contributed by atoms with E-state index in [9.17, 15) is 77.6 Å². The molecule has 0 aromatic heterocycles. The molecule has 10 amide bonds. The Labute approximate surface area is 454 Å². The van der Waals surface area contributed by atoms with E-state index in [-0.39, 0.29) is 50.2 Å². The third kappa shape index (κ3) is 25.3. The van der Waals surface area contributed by atoms with Gasteiger partial charge in [-0.2, -0.15) is 0 Å². The third-order valence-electron chi connectivity index (χ3n) is 12.1. The second-order valence-electron chi connectivity index (χ2n) is 19.2. The molecule has 2 rings (SSSR count). The molecule has 79 heavy (non-hydrogen) atoms. The first-order valence-electron chi connectivity index (χ1n) is 25.3. The highest BCUT2D eigenvalue weighted by atomic mass is 16.4. The number of rotatable bonds is 36. The lowest BCUT2D eigenvalue weighted by atomic mass is 9.96. The molecule has 28 heteroatoms. The van der Waals surface area contributed by atoms with Crippen LogP contribution in [0.15, 0.2) is 54.6 Å². The van der Waals surface area contributed by atoms with Gasteiger partial charge in [-0.15, -0.1) is 0 Å². The largest absolute Gasteiger partial charge is 0.508 e. The van der Waals surface area contributed by atoms with Crippen molar-refractivity contribution in [2.75, 3.05) is 6.54 Å². The van der Waals surface area contributed by atoms with Crippen LogP contribution in [0.4, 0.5) is 0 Å². The molecule has 0 saturated carbocycles. The Morgan fingerprint density at radius 2 is 0.975 bits per heavy atom. The van der Waals surface area contributed by atoms with Crippen LogP contribution in [-0.2, 0) is 75.2 Å². The SMILES string of the molecule is CCC(C)C(NC(=O)C(CCC(=O)O)NC(=O)CNC(=O)C(Cc1ccc(O)cc1)NC(=O)C(CCC(N)=O)NC(=O)C(N)Cc1ccccc1)C(=O)NC(CC(C)C)C(=O)NC(CCC(N)=O)C(=O)NC(CC(=O)O)C(=O)O. The zero-order valence-corrected chi connectivity index (χ0v) is 44.3. The summed E-state index contributed by atoms with van der Waals surface area (Å²) in [6, 6.07) is 2.02. The molecule has 0 radical (unpaired) electrons. The fourth-order valence-corrected chi connectivity index (χ4v) is 7.61. The van der Waals surface area contributed by atoms with Crippen LogP contribution in [0.1, 0.15) is 96.6 Å². The average molecular weight is 1110 g/mol. The lowest BCUT2D eigenvalue weighted by Crippen LogP contribution is -2.60. The van der Waals surface area contributed by atoms with E-state index < -0.39 is 170 Å². The summed E-state index contributed by atoms with van der Waals surface area (Å²) in [6.07, 6.45) is -3.88. The zero-order chi connectivity index (χ0) is 59.5. The van der Waals surface area contributed by atoms with Crippen molar-refractivity contribution < 1.29 is 82.8 Å². The van der Waals surface area contributed by atoms with E-state index in [1.54, 1.807) is 58.0 Å². The predicted molar refractivity (Wildman–Crippen MR) is 279 cm³/mol. The number of phenols is 1. The number of amides is 10. The average Bonchev–Trinajstić information content (AvgIpc) is 3.39. The standard InChI is InChI=1S/C51H73N11O17/c1-5-27(4)43(50(77)60-35(21-26(2)3)49(76)58-34(16-19-39(54)65)47(74)61-37(51(78)79)24-42(69)70)62-48(75)32(17-20-41(67)68)56-40(66)25-55-45(72)36(23-29-11-13-30(63)14-12-29)59-46(73)33(15-18-38(53)64)57-44(71)31(52)22-28-9-7-6-8-10-28/h6-14,26-27,31-37,43,63H,5,15-25,52H2,1-4H3,(H2,53,64)(H2,54,65)(H,55,72)(H,56,66)(H,57,71)(H,58,76)(H,59,73)(H,60,77)(H,61,74)(H,62,75)(H,67,68)(H,69,70)(H,78,79). The van der Waals surface area contributed by atoms with Crippen molar-refractivity contribution in [1.82, 2.24) is 42.5 Å². The smallest absolute Gasteiger partial charge is 0.326 e. The molecule has 0 heterocycles. The minimum Gasteiger partial charge on any atom is -0.508 e. The maximum absolute atomic E-state index is 14.1. The summed E-state index contributed by atoms with van der Waals surface area (Å²) in [5.74, 6) is -15.4. The van der Waals surface area contributed by atoms with Crippen LogP contribution in [0.2, 0.25) is 0 Å². The van der Waals surface area contributed by atoms with Crippen LogP contribution in [-0.4, -0.2) is 152 Å². The molecule has 434 valence electrons. The maximum atomic E-state index is 14.1. The Morgan fingerprint density at radius 3 is 1.48 bits per heavy atom. The molecule has 28 nitrogen and oxygen atoms in total. The van der Waals surface area contributed by atoms with E-state index in [4.69, 9.17) is 22.3 Å². The molecule has 0 fully saturated rings. The van der Waals surface area contributed by atoms with Gasteiger partial charge in [-0.3, -0.25) is 57.5 Å². The molecule has 0 aliphatic carbocycles. The zero-order valence-electron chi connectivity index (χ0n) is 44.3. The van der Waals surface area contributed by atoms with E-state index in [2.05, 4.69) is 37.2 Å². The summed E-state index contributed by atoms with van der Waals surface area (Å²) in [4.78, 5) is 168. The van der Waals surface area contributed by atoms with E-state index >= 15 is 0 Å². The van der Waals surface area contributed by atoms with Gasteiger partial charge in [0.25, 0.3) is 0 Å². The number of nitrogens with one attached hydrogen (secondary N) is 8. The summed E-state index contributed by atoms with van der Waals surface area (Å²) in [5, 5.41) is 57.1. The van der Waals surface area contributed by atoms with Gasteiger partial charge in [-0.25, -0.2) is 4.79 Å².